The molecule has 0 saturated heterocycles. The zero-order chi connectivity index (χ0) is 21.6. The molecule has 0 aliphatic heterocycles. The highest BCUT2D eigenvalue weighted by Gasteiger charge is 2.10. The van der Waals surface area contributed by atoms with Crippen molar-refractivity contribution in [3.63, 3.8) is 0 Å². The second-order valence-corrected chi connectivity index (χ2v) is 8.08. The first-order valence-corrected chi connectivity index (χ1v) is 10.9. The maximum atomic E-state index is 12.5. The molecule has 0 atom stereocenters. The highest BCUT2D eigenvalue weighted by Crippen LogP contribution is 2.20. The Morgan fingerprint density at radius 2 is 1.94 bits per heavy atom. The van der Waals surface area contributed by atoms with Gasteiger partial charge in [-0.25, -0.2) is 4.98 Å². The highest BCUT2D eigenvalue weighted by atomic mass is 16.2. The molecule has 1 heterocycles. The summed E-state index contributed by atoms with van der Waals surface area (Å²) in [7, 11) is 0. The Morgan fingerprint density at radius 1 is 1.10 bits per heavy atom. The van der Waals surface area contributed by atoms with E-state index >= 15 is 0 Å². The number of anilines is 1. The van der Waals surface area contributed by atoms with Crippen LogP contribution in [0, 0.1) is 0 Å². The van der Waals surface area contributed by atoms with Crippen molar-refractivity contribution in [1.82, 2.24) is 15.3 Å². The van der Waals surface area contributed by atoms with Gasteiger partial charge in [-0.2, -0.15) is 0 Å². The first kappa shape index (κ1) is 20.8. The molecule has 2 aromatic carbocycles. The van der Waals surface area contributed by atoms with Crippen molar-refractivity contribution in [1.29, 1.82) is 0 Å². The monoisotopic (exact) mass is 416 g/mol. The maximum Gasteiger partial charge on any atom is 0.251 e. The molecule has 0 unspecified atom stereocenters. The molecular weight excluding hydrogens is 388 g/mol. The lowest BCUT2D eigenvalue weighted by molar-refractivity contribution is -0.114. The van der Waals surface area contributed by atoms with E-state index in [1.54, 1.807) is 0 Å². The molecule has 0 bridgehead atoms. The van der Waals surface area contributed by atoms with Gasteiger partial charge in [0.1, 0.15) is 5.82 Å². The Labute approximate surface area is 182 Å². The molecule has 0 saturated carbocycles. The molecule has 6 heteroatoms. The van der Waals surface area contributed by atoms with E-state index in [0.717, 1.165) is 41.0 Å². The summed E-state index contributed by atoms with van der Waals surface area (Å²) in [6.45, 7) is 2.16. The van der Waals surface area contributed by atoms with Gasteiger partial charge in [0.2, 0.25) is 5.91 Å². The topological polar surface area (TPSA) is 86.9 Å². The van der Waals surface area contributed by atoms with Crippen molar-refractivity contribution < 1.29 is 9.59 Å². The van der Waals surface area contributed by atoms with Crippen LogP contribution in [0.5, 0.6) is 0 Å². The van der Waals surface area contributed by atoms with E-state index < -0.39 is 0 Å². The zero-order valence-corrected chi connectivity index (χ0v) is 17.8. The van der Waals surface area contributed by atoms with E-state index in [0.29, 0.717) is 18.5 Å². The van der Waals surface area contributed by atoms with E-state index in [2.05, 4.69) is 26.7 Å². The number of hydrogen-bond acceptors (Lipinski definition) is 3. The fourth-order valence-electron chi connectivity index (χ4n) is 3.96. The molecule has 1 aromatic heterocycles. The van der Waals surface area contributed by atoms with Gasteiger partial charge in [0, 0.05) is 31.1 Å². The first-order chi connectivity index (χ1) is 15.1. The van der Waals surface area contributed by atoms with Crippen molar-refractivity contribution >= 4 is 28.5 Å². The van der Waals surface area contributed by atoms with Crippen LogP contribution < -0.4 is 10.6 Å². The number of carbonyl (C=O) groups excluding carboxylic acids is 2. The van der Waals surface area contributed by atoms with Gasteiger partial charge in [0.15, 0.2) is 0 Å². The van der Waals surface area contributed by atoms with Crippen LogP contribution in [0.3, 0.4) is 0 Å². The van der Waals surface area contributed by atoms with Gasteiger partial charge in [0.05, 0.1) is 11.0 Å². The van der Waals surface area contributed by atoms with Crippen LogP contribution >= 0.6 is 0 Å². The molecule has 31 heavy (non-hydrogen) atoms. The number of amides is 2. The predicted molar refractivity (Wildman–Crippen MR) is 123 cm³/mol. The summed E-state index contributed by atoms with van der Waals surface area (Å²) in [5.74, 6) is 0.697. The average Bonchev–Trinajstić information content (AvgIpc) is 3.17. The number of nitrogens with zero attached hydrogens (tertiary/aromatic N) is 1. The maximum absolute atomic E-state index is 12.5. The van der Waals surface area contributed by atoms with Crippen molar-refractivity contribution in [3.8, 4) is 0 Å². The lowest BCUT2D eigenvalue weighted by Crippen LogP contribution is -2.24. The summed E-state index contributed by atoms with van der Waals surface area (Å²) in [5.41, 5.74) is 5.66. The molecule has 6 nitrogen and oxygen atoms in total. The Morgan fingerprint density at radius 3 is 2.68 bits per heavy atom. The minimum atomic E-state index is -0.0871. The summed E-state index contributed by atoms with van der Waals surface area (Å²) >= 11 is 0. The fraction of sp³-hybridized carbons (Fsp3) is 0.320. The van der Waals surface area contributed by atoms with E-state index in [1.165, 1.54) is 31.8 Å². The smallest absolute Gasteiger partial charge is 0.251 e. The van der Waals surface area contributed by atoms with Crippen LogP contribution in [0.25, 0.3) is 11.0 Å². The minimum absolute atomic E-state index is 0.0528. The number of hydrogen-bond donors (Lipinski definition) is 3. The van der Waals surface area contributed by atoms with Crippen molar-refractivity contribution in [3.05, 3.63) is 71.1 Å². The number of nitrogens with one attached hydrogen (secondary N) is 3. The summed E-state index contributed by atoms with van der Waals surface area (Å²) in [6.07, 6.45) is 8.77. The molecule has 2 amide bonds. The van der Waals surface area contributed by atoms with Gasteiger partial charge < -0.3 is 15.6 Å². The molecule has 0 radical (unpaired) electrons. The fourth-order valence-corrected chi connectivity index (χ4v) is 3.96. The molecule has 0 fully saturated rings. The number of rotatable bonds is 7. The van der Waals surface area contributed by atoms with Crippen LogP contribution in [0.15, 0.2) is 54.1 Å². The summed E-state index contributed by atoms with van der Waals surface area (Å²) < 4.78 is 0. The number of allylic oxidation sites excluding steroid dienone is 1. The van der Waals surface area contributed by atoms with E-state index in [4.69, 9.17) is 0 Å². The summed E-state index contributed by atoms with van der Waals surface area (Å²) in [6, 6.07) is 13.3. The number of imidazole rings is 1. The van der Waals surface area contributed by atoms with Crippen molar-refractivity contribution in [2.75, 3.05) is 11.9 Å². The second-order valence-electron chi connectivity index (χ2n) is 8.08. The van der Waals surface area contributed by atoms with Crippen LogP contribution in [0.2, 0.25) is 0 Å². The van der Waals surface area contributed by atoms with Gasteiger partial charge in [-0.15, -0.1) is 0 Å². The number of H-pyrrole nitrogens is 1. The Kier molecular flexibility index (Phi) is 6.46. The van der Waals surface area contributed by atoms with Gasteiger partial charge in [0.25, 0.3) is 5.91 Å². The number of carbonyl (C=O) groups is 2. The predicted octanol–water partition coefficient (Wildman–Crippen LogP) is 4.73. The third-order valence-electron chi connectivity index (χ3n) is 5.56. The Balaban J connectivity index is 1.37. The lowest BCUT2D eigenvalue weighted by atomic mass is 9.97. The first-order valence-electron chi connectivity index (χ1n) is 10.9. The third-order valence-corrected chi connectivity index (χ3v) is 5.56. The third kappa shape index (κ3) is 5.60. The van der Waals surface area contributed by atoms with Gasteiger partial charge >= 0.3 is 0 Å². The number of benzene rings is 2. The summed E-state index contributed by atoms with van der Waals surface area (Å²) in [4.78, 5) is 31.6. The molecule has 3 N–H and O–H groups in total. The van der Waals surface area contributed by atoms with Gasteiger partial charge in [-0.3, -0.25) is 9.59 Å². The second kappa shape index (κ2) is 9.60. The Bertz CT molecular complexity index is 1110. The highest BCUT2D eigenvalue weighted by molar-refractivity contribution is 5.97. The van der Waals surface area contributed by atoms with Gasteiger partial charge in [-0.1, -0.05) is 23.8 Å². The van der Waals surface area contributed by atoms with Crippen molar-refractivity contribution in [2.45, 2.75) is 45.4 Å². The largest absolute Gasteiger partial charge is 0.352 e. The molecule has 1 aliphatic carbocycles. The van der Waals surface area contributed by atoms with E-state index in [9.17, 15) is 9.59 Å². The zero-order valence-electron chi connectivity index (χ0n) is 17.8. The number of fused-ring (bicyclic) bond motifs is 1. The van der Waals surface area contributed by atoms with Crippen LogP contribution in [0.4, 0.5) is 5.69 Å². The molecular formula is C25H28N4O2. The van der Waals surface area contributed by atoms with E-state index in [1.807, 2.05) is 42.5 Å². The standard InChI is InChI=1S/C25H28N4O2/c1-17(30)27-21-10-7-19(8-11-21)15-24-28-22-12-9-20(16-23(22)29-24)25(31)26-14-13-18-5-3-2-4-6-18/h5,7-12,16H,2-4,6,13-15H2,1H3,(H,26,31)(H,27,30)(H,28,29). The number of aromatic amines is 1. The minimum Gasteiger partial charge on any atom is -0.352 e. The molecule has 160 valence electrons. The SMILES string of the molecule is CC(=O)Nc1ccc(Cc2nc3ccc(C(=O)NCCC4=CCCCC4)cc3[nH]2)cc1. The normalized spacial score (nSPS) is 13.6. The quantitative estimate of drug-likeness (QED) is 0.487. The molecule has 3 aromatic rings. The lowest BCUT2D eigenvalue weighted by Gasteiger charge is -2.12. The number of aromatic nitrogens is 2. The molecule has 0 spiro atoms. The van der Waals surface area contributed by atoms with Gasteiger partial charge in [-0.05, 0) is 68.0 Å². The molecule has 1 aliphatic rings. The van der Waals surface area contributed by atoms with Crippen LogP contribution in [0.1, 0.15) is 60.8 Å². The average molecular weight is 417 g/mol. The van der Waals surface area contributed by atoms with Crippen LogP contribution in [-0.2, 0) is 11.2 Å². The van der Waals surface area contributed by atoms with Crippen LogP contribution in [-0.4, -0.2) is 28.3 Å². The Hall–Kier alpha value is -3.41. The molecule has 4 rings (SSSR count). The summed E-state index contributed by atoms with van der Waals surface area (Å²) in [5, 5.41) is 5.80. The van der Waals surface area contributed by atoms with E-state index in [-0.39, 0.29) is 11.8 Å². The van der Waals surface area contributed by atoms with Crippen molar-refractivity contribution in [2.24, 2.45) is 0 Å².